The van der Waals surface area contributed by atoms with E-state index in [2.05, 4.69) is 9.83 Å². The molecule has 0 saturated carbocycles. The van der Waals surface area contributed by atoms with E-state index in [-0.39, 0.29) is 18.0 Å². The lowest BCUT2D eigenvalue weighted by Crippen LogP contribution is -2.05. The van der Waals surface area contributed by atoms with Gasteiger partial charge in [-0.25, -0.2) is 4.85 Å². The SMILES string of the molecule is [C-]#[N+]c1ccc(CC(=O)c2cncc(OCc3ccc(C(C)=O)cc3)c2)cc1. The van der Waals surface area contributed by atoms with Crippen molar-refractivity contribution in [3.63, 3.8) is 0 Å². The van der Waals surface area contributed by atoms with Crippen LogP contribution in [-0.4, -0.2) is 16.6 Å². The highest BCUT2D eigenvalue weighted by molar-refractivity contribution is 5.97. The zero-order valence-electron chi connectivity index (χ0n) is 15.4. The molecule has 0 saturated heterocycles. The molecule has 5 nitrogen and oxygen atoms in total. The van der Waals surface area contributed by atoms with E-state index in [9.17, 15) is 9.59 Å². The van der Waals surface area contributed by atoms with E-state index in [0.29, 0.717) is 29.2 Å². The smallest absolute Gasteiger partial charge is 0.187 e. The largest absolute Gasteiger partial charge is 0.487 e. The second-order valence-electron chi connectivity index (χ2n) is 6.33. The van der Waals surface area contributed by atoms with Gasteiger partial charge in [-0.15, -0.1) is 0 Å². The third-order valence-corrected chi connectivity index (χ3v) is 4.23. The number of carbonyl (C=O) groups excluding carboxylic acids is 2. The molecule has 0 fully saturated rings. The predicted molar refractivity (Wildman–Crippen MR) is 106 cm³/mol. The van der Waals surface area contributed by atoms with Crippen LogP contribution in [0.2, 0.25) is 0 Å². The summed E-state index contributed by atoms with van der Waals surface area (Å²) in [7, 11) is 0. The second kappa shape index (κ2) is 8.74. The molecule has 5 heteroatoms. The number of pyridine rings is 1. The molecule has 0 radical (unpaired) electrons. The first-order chi connectivity index (χ1) is 13.5. The van der Waals surface area contributed by atoms with Crippen molar-refractivity contribution < 1.29 is 14.3 Å². The van der Waals surface area contributed by atoms with Crippen LogP contribution in [0.3, 0.4) is 0 Å². The Kier molecular flexibility index (Phi) is 5.93. The number of nitrogens with zero attached hydrogens (tertiary/aromatic N) is 2. The first-order valence-corrected chi connectivity index (χ1v) is 8.72. The van der Waals surface area contributed by atoms with Crippen molar-refractivity contribution >= 4 is 17.3 Å². The standard InChI is InChI=1S/C23H18N2O3/c1-16(26)19-7-3-18(4-8-19)15-28-22-12-20(13-25-14-22)23(27)11-17-5-9-21(24-2)10-6-17/h3-10,12-14H,11,15H2,1H3. The lowest BCUT2D eigenvalue weighted by molar-refractivity contribution is 0.0989. The second-order valence-corrected chi connectivity index (χ2v) is 6.33. The number of rotatable bonds is 7. The summed E-state index contributed by atoms with van der Waals surface area (Å²) in [6.07, 6.45) is 3.31. The molecular weight excluding hydrogens is 352 g/mol. The molecule has 138 valence electrons. The number of ether oxygens (including phenoxy) is 1. The Bertz CT molecular complexity index is 1030. The summed E-state index contributed by atoms with van der Waals surface area (Å²) in [5.74, 6) is 0.454. The molecule has 0 atom stereocenters. The maximum atomic E-state index is 12.5. The minimum Gasteiger partial charge on any atom is -0.487 e. The summed E-state index contributed by atoms with van der Waals surface area (Å²) < 4.78 is 5.73. The van der Waals surface area contributed by atoms with Gasteiger partial charge >= 0.3 is 0 Å². The Balaban J connectivity index is 1.63. The van der Waals surface area contributed by atoms with Crippen LogP contribution in [0.15, 0.2) is 67.0 Å². The molecule has 0 spiro atoms. The van der Waals surface area contributed by atoms with Crippen molar-refractivity contribution in [1.29, 1.82) is 0 Å². The molecule has 3 aromatic rings. The minimum atomic E-state index is -0.0701. The van der Waals surface area contributed by atoms with Gasteiger partial charge in [-0.2, -0.15) is 0 Å². The van der Waals surface area contributed by atoms with Crippen LogP contribution >= 0.6 is 0 Å². The van der Waals surface area contributed by atoms with Gasteiger partial charge in [-0.3, -0.25) is 14.6 Å². The monoisotopic (exact) mass is 370 g/mol. The van der Waals surface area contributed by atoms with Gasteiger partial charge in [0.25, 0.3) is 0 Å². The third kappa shape index (κ3) is 4.89. The zero-order valence-corrected chi connectivity index (χ0v) is 15.4. The van der Waals surface area contributed by atoms with Gasteiger partial charge in [0.15, 0.2) is 17.3 Å². The van der Waals surface area contributed by atoms with E-state index in [1.807, 2.05) is 12.1 Å². The molecule has 0 aliphatic rings. The summed E-state index contributed by atoms with van der Waals surface area (Å²) in [6.45, 7) is 8.81. The van der Waals surface area contributed by atoms with Crippen LogP contribution in [0.1, 0.15) is 38.8 Å². The first kappa shape index (κ1) is 19.0. The van der Waals surface area contributed by atoms with E-state index in [0.717, 1.165) is 11.1 Å². The average molecular weight is 370 g/mol. The van der Waals surface area contributed by atoms with Gasteiger partial charge < -0.3 is 4.74 Å². The average Bonchev–Trinajstić information content (AvgIpc) is 2.73. The summed E-state index contributed by atoms with van der Waals surface area (Å²) in [4.78, 5) is 31.3. The highest BCUT2D eigenvalue weighted by Gasteiger charge is 2.09. The maximum absolute atomic E-state index is 12.5. The van der Waals surface area contributed by atoms with Crippen LogP contribution in [0.4, 0.5) is 5.69 Å². The predicted octanol–water partition coefficient (Wildman–Crippen LogP) is 4.84. The van der Waals surface area contributed by atoms with Crippen LogP contribution in [0, 0.1) is 6.57 Å². The van der Waals surface area contributed by atoms with E-state index < -0.39 is 0 Å². The number of benzene rings is 2. The van der Waals surface area contributed by atoms with Crippen molar-refractivity contribution in [2.24, 2.45) is 0 Å². The van der Waals surface area contributed by atoms with Crippen molar-refractivity contribution in [2.45, 2.75) is 20.0 Å². The Labute approximate surface area is 163 Å². The Hall–Kier alpha value is -3.78. The molecule has 0 amide bonds. The molecular formula is C23H18N2O3. The van der Waals surface area contributed by atoms with Crippen LogP contribution in [0.5, 0.6) is 5.75 Å². The molecule has 1 heterocycles. The van der Waals surface area contributed by atoms with E-state index in [1.54, 1.807) is 48.7 Å². The molecule has 28 heavy (non-hydrogen) atoms. The van der Waals surface area contributed by atoms with Crippen LogP contribution in [-0.2, 0) is 13.0 Å². The molecule has 0 unspecified atom stereocenters. The van der Waals surface area contributed by atoms with Crippen molar-refractivity contribution in [3.8, 4) is 5.75 Å². The minimum absolute atomic E-state index is 0.0200. The molecule has 0 aliphatic heterocycles. The normalized spacial score (nSPS) is 10.1. The lowest BCUT2D eigenvalue weighted by Gasteiger charge is -2.08. The first-order valence-electron chi connectivity index (χ1n) is 8.72. The van der Waals surface area contributed by atoms with E-state index in [1.165, 1.54) is 13.1 Å². The quantitative estimate of drug-likeness (QED) is 0.441. The molecule has 1 aromatic heterocycles. The zero-order chi connectivity index (χ0) is 19.9. The maximum Gasteiger partial charge on any atom is 0.187 e. The van der Waals surface area contributed by atoms with Crippen molar-refractivity contribution in [1.82, 2.24) is 4.98 Å². The molecule has 0 aliphatic carbocycles. The van der Waals surface area contributed by atoms with Crippen LogP contribution in [0.25, 0.3) is 4.85 Å². The fraction of sp³-hybridized carbons (Fsp3) is 0.130. The van der Waals surface area contributed by atoms with Crippen molar-refractivity contribution in [3.05, 3.63) is 101 Å². The summed E-state index contributed by atoms with van der Waals surface area (Å²) >= 11 is 0. The van der Waals surface area contributed by atoms with Crippen molar-refractivity contribution in [2.75, 3.05) is 0 Å². The number of Topliss-reactive ketones (excluding diaryl/α,β-unsaturated/α-hetero) is 2. The van der Waals surface area contributed by atoms with Gasteiger partial charge in [0.2, 0.25) is 0 Å². The number of hydrogen-bond acceptors (Lipinski definition) is 4. The Morgan fingerprint density at radius 1 is 0.964 bits per heavy atom. The molecule has 2 aromatic carbocycles. The fourth-order valence-electron chi connectivity index (χ4n) is 2.63. The number of aromatic nitrogens is 1. The van der Waals surface area contributed by atoms with E-state index >= 15 is 0 Å². The van der Waals surface area contributed by atoms with Crippen LogP contribution < -0.4 is 4.74 Å². The van der Waals surface area contributed by atoms with E-state index in [4.69, 9.17) is 11.3 Å². The summed E-state index contributed by atoms with van der Waals surface area (Å²) in [5, 5.41) is 0. The van der Waals surface area contributed by atoms with Gasteiger partial charge in [-0.1, -0.05) is 48.5 Å². The topological polar surface area (TPSA) is 60.6 Å². The Morgan fingerprint density at radius 2 is 1.64 bits per heavy atom. The summed E-state index contributed by atoms with van der Waals surface area (Å²) in [5.41, 5.74) is 3.43. The van der Waals surface area contributed by atoms with Gasteiger partial charge in [0.05, 0.1) is 12.8 Å². The number of ketones is 2. The van der Waals surface area contributed by atoms with Gasteiger partial charge in [0, 0.05) is 23.7 Å². The number of hydrogen-bond donors (Lipinski definition) is 0. The van der Waals surface area contributed by atoms with Gasteiger partial charge in [-0.05, 0) is 24.1 Å². The molecule has 3 rings (SSSR count). The van der Waals surface area contributed by atoms with Gasteiger partial charge in [0.1, 0.15) is 12.4 Å². The lowest BCUT2D eigenvalue weighted by atomic mass is 10.0. The third-order valence-electron chi connectivity index (χ3n) is 4.23. The highest BCUT2D eigenvalue weighted by Crippen LogP contribution is 2.17. The highest BCUT2D eigenvalue weighted by atomic mass is 16.5. The molecule has 0 bridgehead atoms. The molecule has 0 N–H and O–H groups in total. The number of carbonyl (C=O) groups is 2. The fourth-order valence-corrected chi connectivity index (χ4v) is 2.63. The Morgan fingerprint density at radius 3 is 2.29 bits per heavy atom. The summed E-state index contributed by atoms with van der Waals surface area (Å²) in [6, 6.07) is 15.8.